The molecule has 1 aliphatic rings. The normalized spacial score (nSPS) is 14.4. The van der Waals surface area contributed by atoms with Crippen LogP contribution in [-0.2, 0) is 26.2 Å². The van der Waals surface area contributed by atoms with E-state index < -0.39 is 34.3 Å². The lowest BCUT2D eigenvalue weighted by atomic mass is 10.1. The van der Waals surface area contributed by atoms with Gasteiger partial charge in [0.05, 0.1) is 17.7 Å². The first kappa shape index (κ1) is 29.1. The molecule has 1 aliphatic carbocycles. The summed E-state index contributed by atoms with van der Waals surface area (Å²) in [5, 5.41) is 3.04. The SMILES string of the molecule is COc1ccc(S(=O)(=O)N(CC(=O)N(Cc2ccccc2)C(C)C(=O)NC2CCCC2)c2ccc(F)cc2)cc1. The number of anilines is 1. The van der Waals surface area contributed by atoms with Gasteiger partial charge in [-0.25, -0.2) is 12.8 Å². The van der Waals surface area contributed by atoms with Crippen molar-refractivity contribution in [1.29, 1.82) is 0 Å². The number of sulfonamides is 1. The summed E-state index contributed by atoms with van der Waals surface area (Å²) in [4.78, 5) is 28.4. The maximum Gasteiger partial charge on any atom is 0.264 e. The summed E-state index contributed by atoms with van der Waals surface area (Å²) >= 11 is 0. The molecule has 0 aromatic heterocycles. The molecule has 1 atom stereocenters. The van der Waals surface area contributed by atoms with Crippen molar-refractivity contribution in [2.45, 2.75) is 56.1 Å². The zero-order chi connectivity index (χ0) is 28.7. The van der Waals surface area contributed by atoms with Crippen molar-refractivity contribution in [2.75, 3.05) is 18.0 Å². The van der Waals surface area contributed by atoms with Crippen molar-refractivity contribution in [1.82, 2.24) is 10.2 Å². The highest BCUT2D eigenvalue weighted by atomic mass is 32.2. The Labute approximate surface area is 234 Å². The predicted molar refractivity (Wildman–Crippen MR) is 151 cm³/mol. The Morgan fingerprint density at radius 2 is 1.60 bits per heavy atom. The molecule has 40 heavy (non-hydrogen) atoms. The molecular weight excluding hydrogens is 533 g/mol. The average Bonchev–Trinajstić information content (AvgIpc) is 3.48. The minimum Gasteiger partial charge on any atom is -0.497 e. The van der Waals surface area contributed by atoms with E-state index in [0.29, 0.717) is 5.75 Å². The number of carbonyl (C=O) groups excluding carboxylic acids is 2. The maximum atomic E-state index is 13.9. The molecule has 3 aromatic carbocycles. The monoisotopic (exact) mass is 567 g/mol. The van der Waals surface area contributed by atoms with Crippen LogP contribution in [0.1, 0.15) is 38.2 Å². The van der Waals surface area contributed by atoms with Gasteiger partial charge in [-0.2, -0.15) is 0 Å². The Morgan fingerprint density at radius 1 is 0.975 bits per heavy atom. The van der Waals surface area contributed by atoms with Gasteiger partial charge in [-0.05, 0) is 73.9 Å². The molecule has 3 aromatic rings. The van der Waals surface area contributed by atoms with Gasteiger partial charge in [0.15, 0.2) is 0 Å². The Hall–Kier alpha value is -3.92. The van der Waals surface area contributed by atoms with E-state index in [1.54, 1.807) is 6.92 Å². The van der Waals surface area contributed by atoms with Crippen LogP contribution in [0, 0.1) is 5.82 Å². The van der Waals surface area contributed by atoms with Crippen LogP contribution in [0.25, 0.3) is 0 Å². The van der Waals surface area contributed by atoms with Crippen molar-refractivity contribution in [3.05, 3.63) is 90.2 Å². The quantitative estimate of drug-likeness (QED) is 0.368. The molecular formula is C30H34FN3O5S. The second kappa shape index (κ2) is 13.0. The molecule has 0 heterocycles. The third-order valence-corrected chi connectivity index (χ3v) is 8.89. The molecule has 0 aliphatic heterocycles. The van der Waals surface area contributed by atoms with E-state index in [9.17, 15) is 22.4 Å². The lowest BCUT2D eigenvalue weighted by molar-refractivity contribution is -0.139. The van der Waals surface area contributed by atoms with Crippen LogP contribution >= 0.6 is 0 Å². The van der Waals surface area contributed by atoms with Crippen LogP contribution in [0.4, 0.5) is 10.1 Å². The van der Waals surface area contributed by atoms with E-state index in [4.69, 9.17) is 4.74 Å². The summed E-state index contributed by atoms with van der Waals surface area (Å²) in [5.41, 5.74) is 0.913. The summed E-state index contributed by atoms with van der Waals surface area (Å²) in [6.07, 6.45) is 3.87. The number of nitrogens with one attached hydrogen (secondary N) is 1. The van der Waals surface area contributed by atoms with Crippen LogP contribution in [0.3, 0.4) is 0 Å². The van der Waals surface area contributed by atoms with E-state index in [-0.39, 0.29) is 29.1 Å². The molecule has 1 fully saturated rings. The number of hydrogen-bond acceptors (Lipinski definition) is 5. The summed E-state index contributed by atoms with van der Waals surface area (Å²) in [5.74, 6) is -0.930. The number of benzene rings is 3. The Balaban J connectivity index is 1.66. The van der Waals surface area contributed by atoms with Crippen molar-refractivity contribution < 1.29 is 27.1 Å². The topological polar surface area (TPSA) is 96.0 Å². The number of amides is 2. The molecule has 1 saturated carbocycles. The number of halogens is 1. The number of methoxy groups -OCH3 is 1. The van der Waals surface area contributed by atoms with Crippen LogP contribution in [-0.4, -0.2) is 50.9 Å². The maximum absolute atomic E-state index is 13.9. The number of carbonyl (C=O) groups is 2. The van der Waals surface area contributed by atoms with Crippen molar-refractivity contribution >= 4 is 27.5 Å². The predicted octanol–water partition coefficient (Wildman–Crippen LogP) is 4.51. The summed E-state index contributed by atoms with van der Waals surface area (Å²) in [6, 6.07) is 19.1. The first-order valence-corrected chi connectivity index (χ1v) is 14.7. The first-order valence-electron chi connectivity index (χ1n) is 13.2. The fourth-order valence-corrected chi connectivity index (χ4v) is 6.18. The van der Waals surface area contributed by atoms with Gasteiger partial charge in [-0.15, -0.1) is 0 Å². The summed E-state index contributed by atoms with van der Waals surface area (Å²) < 4.78 is 47.4. The highest BCUT2D eigenvalue weighted by Crippen LogP contribution is 2.26. The Bertz CT molecular complexity index is 1390. The highest BCUT2D eigenvalue weighted by molar-refractivity contribution is 7.92. The van der Waals surface area contributed by atoms with Gasteiger partial charge in [-0.3, -0.25) is 13.9 Å². The fourth-order valence-electron chi connectivity index (χ4n) is 4.77. The minimum absolute atomic E-state index is 0.0629. The van der Waals surface area contributed by atoms with Crippen LogP contribution in [0.2, 0.25) is 0 Å². The lowest BCUT2D eigenvalue weighted by Gasteiger charge is -2.32. The van der Waals surface area contributed by atoms with Crippen molar-refractivity contribution in [2.24, 2.45) is 0 Å². The van der Waals surface area contributed by atoms with E-state index in [2.05, 4.69) is 5.32 Å². The van der Waals surface area contributed by atoms with Gasteiger partial charge in [0.2, 0.25) is 11.8 Å². The van der Waals surface area contributed by atoms with Gasteiger partial charge >= 0.3 is 0 Å². The summed E-state index contributed by atoms with van der Waals surface area (Å²) in [6.45, 7) is 1.16. The standard InChI is InChI=1S/C30H34FN3O5S/c1-22(30(36)32-25-10-6-7-11-25)33(20-23-8-4-3-5-9-23)29(35)21-34(26-14-12-24(31)13-15-26)40(37,38)28-18-16-27(39-2)17-19-28/h3-5,8-9,12-19,22,25H,6-7,10-11,20-21H2,1-2H3,(H,32,36). The lowest BCUT2D eigenvalue weighted by Crippen LogP contribution is -2.52. The Kier molecular flexibility index (Phi) is 9.42. The molecule has 4 rings (SSSR count). The van der Waals surface area contributed by atoms with Gasteiger partial charge < -0.3 is 15.0 Å². The molecule has 2 amide bonds. The fraction of sp³-hybridized carbons (Fsp3) is 0.333. The molecule has 10 heteroatoms. The highest BCUT2D eigenvalue weighted by Gasteiger charge is 2.33. The number of hydrogen-bond donors (Lipinski definition) is 1. The van der Waals surface area contributed by atoms with E-state index in [1.165, 1.54) is 48.4 Å². The van der Waals surface area contributed by atoms with E-state index >= 15 is 0 Å². The zero-order valence-electron chi connectivity index (χ0n) is 22.6. The molecule has 0 saturated heterocycles. The summed E-state index contributed by atoms with van der Waals surface area (Å²) in [7, 11) is -2.78. The van der Waals surface area contributed by atoms with Crippen molar-refractivity contribution in [3.8, 4) is 5.75 Å². The first-order chi connectivity index (χ1) is 19.2. The largest absolute Gasteiger partial charge is 0.497 e. The smallest absolute Gasteiger partial charge is 0.264 e. The van der Waals surface area contributed by atoms with Crippen molar-refractivity contribution in [3.63, 3.8) is 0 Å². The number of ether oxygens (including phenoxy) is 1. The van der Waals surface area contributed by atoms with Gasteiger partial charge in [0.1, 0.15) is 24.2 Å². The second-order valence-corrected chi connectivity index (χ2v) is 11.7. The van der Waals surface area contributed by atoms with Gasteiger partial charge in [0.25, 0.3) is 10.0 Å². The molecule has 0 spiro atoms. The Morgan fingerprint density at radius 3 is 2.20 bits per heavy atom. The second-order valence-electron chi connectivity index (χ2n) is 9.84. The van der Waals surface area contributed by atoms with Crippen LogP contribution in [0.5, 0.6) is 5.75 Å². The molecule has 0 bridgehead atoms. The van der Waals surface area contributed by atoms with E-state index in [0.717, 1.165) is 47.7 Å². The molecule has 212 valence electrons. The minimum atomic E-state index is -4.25. The third-order valence-electron chi connectivity index (χ3n) is 7.11. The third kappa shape index (κ3) is 6.98. The van der Waals surface area contributed by atoms with Crippen LogP contribution < -0.4 is 14.4 Å². The zero-order valence-corrected chi connectivity index (χ0v) is 23.4. The van der Waals surface area contributed by atoms with E-state index in [1.807, 2.05) is 30.3 Å². The molecule has 1 unspecified atom stereocenters. The average molecular weight is 568 g/mol. The van der Waals surface area contributed by atoms with Crippen LogP contribution in [0.15, 0.2) is 83.8 Å². The molecule has 1 N–H and O–H groups in total. The number of rotatable bonds is 11. The number of nitrogens with zero attached hydrogens (tertiary/aromatic N) is 2. The van der Waals surface area contributed by atoms with Gasteiger partial charge in [-0.1, -0.05) is 43.2 Å². The molecule has 0 radical (unpaired) electrons. The molecule has 8 nitrogen and oxygen atoms in total. The van der Waals surface area contributed by atoms with Gasteiger partial charge in [0, 0.05) is 12.6 Å².